The molecule has 2 fully saturated rings. The average molecular weight is 397 g/mol. The van der Waals surface area contributed by atoms with Crippen molar-refractivity contribution in [1.82, 2.24) is 4.90 Å². The van der Waals surface area contributed by atoms with Crippen LogP contribution < -0.4 is 14.4 Å². The van der Waals surface area contributed by atoms with Crippen molar-refractivity contribution in [2.45, 2.75) is 32.4 Å². The van der Waals surface area contributed by atoms with Gasteiger partial charge in [0.15, 0.2) is 26.4 Å². The van der Waals surface area contributed by atoms with E-state index in [1.165, 1.54) is 0 Å². The molecular weight excluding hydrogens is 372 g/mol. The lowest BCUT2D eigenvalue weighted by molar-refractivity contribution is 0.171. The molecule has 3 aliphatic rings. The Labute approximate surface area is 160 Å². The number of benzene rings is 1. The Morgan fingerprint density at radius 3 is 2.58 bits per heavy atom. The normalized spacial score (nSPS) is 26.5. The molecule has 2 atom stereocenters. The fourth-order valence-electron chi connectivity index (χ4n) is 3.92. The van der Waals surface area contributed by atoms with E-state index in [-0.39, 0.29) is 23.6 Å². The summed E-state index contributed by atoms with van der Waals surface area (Å²) < 4.78 is 35.9. The number of anilines is 1. The van der Waals surface area contributed by atoms with Crippen molar-refractivity contribution in [1.29, 1.82) is 0 Å². The van der Waals surface area contributed by atoms with Gasteiger partial charge in [0.1, 0.15) is 13.2 Å². The van der Waals surface area contributed by atoms with Crippen LogP contribution in [0.3, 0.4) is 0 Å². The Morgan fingerprint density at radius 1 is 1.15 bits per heavy atom. The number of hydrogen-bond acceptors (Lipinski definition) is 5. The highest BCUT2D eigenvalue weighted by Crippen LogP contribution is 2.39. The standard InChI is InChI=1S/C18H24N2O4S2/c1-12(2)5-6-19-14-10-26(21,22)11-15(14)20(18(19)25)13-3-4-16-17(9-13)24-8-7-23-16/h3-4,9,12,14-15H,5-8,10-11H2,1-2H3/t14-,15+/m1/s1. The molecule has 142 valence electrons. The number of sulfone groups is 1. The van der Waals surface area contributed by atoms with Crippen LogP contribution in [0.2, 0.25) is 0 Å². The highest BCUT2D eigenvalue weighted by Gasteiger charge is 2.51. The molecule has 2 saturated heterocycles. The smallest absolute Gasteiger partial charge is 0.176 e. The lowest BCUT2D eigenvalue weighted by Crippen LogP contribution is -2.38. The second-order valence-corrected chi connectivity index (χ2v) is 10.1. The predicted octanol–water partition coefficient (Wildman–Crippen LogP) is 2.08. The Balaban J connectivity index is 1.67. The van der Waals surface area contributed by atoms with Crippen LogP contribution in [0.25, 0.3) is 0 Å². The molecule has 0 spiro atoms. The summed E-state index contributed by atoms with van der Waals surface area (Å²) in [5, 5.41) is 0.715. The molecule has 0 bridgehead atoms. The fourth-order valence-corrected chi connectivity index (χ4v) is 6.34. The van der Waals surface area contributed by atoms with Crippen LogP contribution in [0, 0.1) is 5.92 Å². The maximum Gasteiger partial charge on any atom is 0.176 e. The summed E-state index contributed by atoms with van der Waals surface area (Å²) in [5.41, 5.74) is 0.874. The summed E-state index contributed by atoms with van der Waals surface area (Å²) in [5.74, 6) is 2.27. The van der Waals surface area contributed by atoms with Crippen molar-refractivity contribution in [3.63, 3.8) is 0 Å². The molecule has 0 unspecified atom stereocenters. The zero-order valence-electron chi connectivity index (χ0n) is 15.1. The first-order valence-corrected chi connectivity index (χ1v) is 11.3. The van der Waals surface area contributed by atoms with Gasteiger partial charge in [-0.25, -0.2) is 8.42 Å². The minimum absolute atomic E-state index is 0.0700. The molecule has 1 aromatic carbocycles. The molecular formula is C18H24N2O4S2. The second-order valence-electron chi connectivity index (χ2n) is 7.57. The van der Waals surface area contributed by atoms with Crippen LogP contribution in [0.1, 0.15) is 20.3 Å². The molecule has 0 N–H and O–H groups in total. The van der Waals surface area contributed by atoms with Crippen LogP contribution in [0.4, 0.5) is 5.69 Å². The van der Waals surface area contributed by atoms with E-state index in [0.29, 0.717) is 30.0 Å². The summed E-state index contributed by atoms with van der Waals surface area (Å²) in [6.07, 6.45) is 0.985. The summed E-state index contributed by atoms with van der Waals surface area (Å²) >= 11 is 5.76. The van der Waals surface area contributed by atoms with Gasteiger partial charge >= 0.3 is 0 Å². The van der Waals surface area contributed by atoms with Gasteiger partial charge < -0.3 is 19.3 Å². The highest BCUT2D eigenvalue weighted by atomic mass is 32.2. The van der Waals surface area contributed by atoms with Gasteiger partial charge in [-0.05, 0) is 36.7 Å². The average Bonchev–Trinajstić information content (AvgIpc) is 3.01. The molecule has 6 nitrogen and oxygen atoms in total. The number of ether oxygens (including phenoxy) is 2. The Kier molecular flexibility index (Phi) is 4.51. The molecule has 4 rings (SSSR count). The van der Waals surface area contributed by atoms with Crippen LogP contribution in [-0.2, 0) is 9.84 Å². The molecule has 0 saturated carbocycles. The second kappa shape index (κ2) is 6.56. The Bertz CT molecular complexity index is 824. The van der Waals surface area contributed by atoms with Crippen molar-refractivity contribution in [2.75, 3.05) is 36.2 Å². The molecule has 1 aromatic rings. The third-order valence-electron chi connectivity index (χ3n) is 5.23. The SMILES string of the molecule is CC(C)CCN1C(=S)N(c2ccc3c(c2)OCCO3)[C@H]2CS(=O)(=O)C[C@H]21. The summed E-state index contributed by atoms with van der Waals surface area (Å²) in [4.78, 5) is 4.12. The van der Waals surface area contributed by atoms with Gasteiger partial charge in [-0.15, -0.1) is 0 Å². The number of rotatable bonds is 4. The molecule has 8 heteroatoms. The third kappa shape index (κ3) is 3.13. The summed E-state index contributed by atoms with van der Waals surface area (Å²) in [6, 6.07) is 5.52. The number of hydrogen-bond donors (Lipinski definition) is 0. The molecule has 26 heavy (non-hydrogen) atoms. The number of nitrogens with zero attached hydrogens (tertiary/aromatic N) is 2. The summed E-state index contributed by atoms with van der Waals surface area (Å²) in [7, 11) is -3.06. The van der Waals surface area contributed by atoms with E-state index in [2.05, 4.69) is 18.7 Å². The van der Waals surface area contributed by atoms with Gasteiger partial charge in [-0.2, -0.15) is 0 Å². The van der Waals surface area contributed by atoms with Crippen LogP contribution in [0.15, 0.2) is 18.2 Å². The van der Waals surface area contributed by atoms with Gasteiger partial charge in [0, 0.05) is 18.3 Å². The van der Waals surface area contributed by atoms with E-state index >= 15 is 0 Å². The molecule has 0 amide bonds. The van der Waals surface area contributed by atoms with Crippen molar-refractivity contribution in [2.24, 2.45) is 5.92 Å². The van der Waals surface area contributed by atoms with Gasteiger partial charge in [-0.3, -0.25) is 0 Å². The van der Waals surface area contributed by atoms with Crippen molar-refractivity contribution >= 4 is 32.9 Å². The Hall–Kier alpha value is -1.54. The summed E-state index contributed by atoms with van der Waals surface area (Å²) in [6.45, 7) is 6.18. The lowest BCUT2D eigenvalue weighted by Gasteiger charge is -2.27. The van der Waals surface area contributed by atoms with Gasteiger partial charge in [0.25, 0.3) is 0 Å². The van der Waals surface area contributed by atoms with Crippen molar-refractivity contribution in [3.8, 4) is 11.5 Å². The maximum atomic E-state index is 12.3. The zero-order valence-corrected chi connectivity index (χ0v) is 16.7. The molecule has 0 aliphatic carbocycles. The van der Waals surface area contributed by atoms with Gasteiger partial charge in [-0.1, -0.05) is 13.8 Å². The highest BCUT2D eigenvalue weighted by molar-refractivity contribution is 7.91. The molecule has 0 aromatic heterocycles. The monoisotopic (exact) mass is 396 g/mol. The topological polar surface area (TPSA) is 59.1 Å². The minimum Gasteiger partial charge on any atom is -0.486 e. The predicted molar refractivity (Wildman–Crippen MR) is 105 cm³/mol. The van der Waals surface area contributed by atoms with E-state index < -0.39 is 9.84 Å². The van der Waals surface area contributed by atoms with E-state index in [9.17, 15) is 8.42 Å². The molecule has 3 aliphatic heterocycles. The van der Waals surface area contributed by atoms with Gasteiger partial charge in [0.2, 0.25) is 0 Å². The fraction of sp³-hybridized carbons (Fsp3) is 0.611. The molecule has 0 radical (unpaired) electrons. The first-order valence-electron chi connectivity index (χ1n) is 9.05. The first kappa shape index (κ1) is 17.9. The number of thiocarbonyl (C=S) groups is 1. The van der Waals surface area contributed by atoms with Crippen LogP contribution in [-0.4, -0.2) is 61.8 Å². The van der Waals surface area contributed by atoms with E-state index in [0.717, 1.165) is 24.4 Å². The van der Waals surface area contributed by atoms with Crippen molar-refractivity contribution in [3.05, 3.63) is 18.2 Å². The third-order valence-corrected chi connectivity index (χ3v) is 7.36. The lowest BCUT2D eigenvalue weighted by atomic mass is 10.1. The first-order chi connectivity index (χ1) is 12.4. The van der Waals surface area contributed by atoms with E-state index in [1.807, 2.05) is 23.1 Å². The maximum absolute atomic E-state index is 12.3. The van der Waals surface area contributed by atoms with E-state index in [4.69, 9.17) is 21.7 Å². The quantitative estimate of drug-likeness (QED) is 0.722. The number of fused-ring (bicyclic) bond motifs is 2. The molecule has 3 heterocycles. The Morgan fingerprint density at radius 2 is 1.85 bits per heavy atom. The van der Waals surface area contributed by atoms with Gasteiger partial charge in [0.05, 0.1) is 23.6 Å². The van der Waals surface area contributed by atoms with Crippen LogP contribution >= 0.6 is 12.2 Å². The van der Waals surface area contributed by atoms with Crippen molar-refractivity contribution < 1.29 is 17.9 Å². The van der Waals surface area contributed by atoms with Crippen LogP contribution in [0.5, 0.6) is 11.5 Å². The zero-order chi connectivity index (χ0) is 18.5. The van der Waals surface area contributed by atoms with E-state index in [1.54, 1.807) is 0 Å². The minimum atomic E-state index is -3.06. The largest absolute Gasteiger partial charge is 0.486 e.